The van der Waals surface area contributed by atoms with Crippen LogP contribution in [0.25, 0.3) is 0 Å². The Morgan fingerprint density at radius 3 is 2.95 bits per heavy atom. The minimum absolute atomic E-state index is 0.529. The van der Waals surface area contributed by atoms with Crippen molar-refractivity contribution < 1.29 is 4.74 Å². The van der Waals surface area contributed by atoms with Gasteiger partial charge in [0.1, 0.15) is 0 Å². The molecule has 1 saturated heterocycles. The predicted molar refractivity (Wildman–Crippen MR) is 90.4 cm³/mol. The van der Waals surface area contributed by atoms with E-state index in [1.54, 1.807) is 7.11 Å². The highest BCUT2D eigenvalue weighted by atomic mass is 16.5. The number of nitrogens with one attached hydrogen (secondary N) is 1. The zero-order valence-electron chi connectivity index (χ0n) is 13.9. The highest BCUT2D eigenvalue weighted by molar-refractivity contribution is 5.81. The molecule has 4 nitrogen and oxygen atoms in total. The lowest BCUT2D eigenvalue weighted by Crippen LogP contribution is -2.41. The lowest BCUT2D eigenvalue weighted by molar-refractivity contribution is 0.157. The van der Waals surface area contributed by atoms with Crippen molar-refractivity contribution >= 4 is 5.96 Å². The quantitative estimate of drug-likeness (QED) is 0.685. The van der Waals surface area contributed by atoms with Gasteiger partial charge in [0.2, 0.25) is 0 Å². The predicted octanol–water partition coefficient (Wildman–Crippen LogP) is 2.39. The summed E-state index contributed by atoms with van der Waals surface area (Å²) >= 11 is 0. The highest BCUT2D eigenvalue weighted by Crippen LogP contribution is 2.42. The Labute approximate surface area is 133 Å². The fourth-order valence-electron chi connectivity index (χ4n) is 3.56. The first kappa shape index (κ1) is 15.3. The average Bonchev–Trinajstić information content (AvgIpc) is 3.13. The molecule has 120 valence electrons. The van der Waals surface area contributed by atoms with Gasteiger partial charge in [0, 0.05) is 45.1 Å². The maximum absolute atomic E-state index is 5.28. The second-order valence-corrected chi connectivity index (χ2v) is 6.55. The third-order valence-electron chi connectivity index (χ3n) is 4.89. The van der Waals surface area contributed by atoms with E-state index < -0.39 is 0 Å². The largest absolute Gasteiger partial charge is 0.384 e. The van der Waals surface area contributed by atoms with E-state index in [9.17, 15) is 0 Å². The number of hydrogen-bond acceptors (Lipinski definition) is 2. The number of likely N-dealkylation sites (tertiary alicyclic amines) is 1. The van der Waals surface area contributed by atoms with Gasteiger partial charge in [0.15, 0.2) is 5.96 Å². The van der Waals surface area contributed by atoms with Crippen LogP contribution in [0.5, 0.6) is 0 Å². The van der Waals surface area contributed by atoms with E-state index in [0.29, 0.717) is 17.9 Å². The standard InChI is InChI=1S/C18H27N3O/c1-13-6-4-5-7-15(13)16-10-17(16)20-18(19-2)21-9-8-14(11-21)12-22-3/h4-7,14,16-17H,8-12H2,1-3H3,(H,19,20). The van der Waals surface area contributed by atoms with Gasteiger partial charge < -0.3 is 15.0 Å². The Balaban J connectivity index is 1.56. The van der Waals surface area contributed by atoms with E-state index in [-0.39, 0.29) is 0 Å². The second kappa shape index (κ2) is 6.69. The Hall–Kier alpha value is -1.55. The first-order valence-electron chi connectivity index (χ1n) is 8.25. The van der Waals surface area contributed by atoms with Gasteiger partial charge in [-0.25, -0.2) is 0 Å². The summed E-state index contributed by atoms with van der Waals surface area (Å²) in [7, 11) is 3.67. The molecule has 3 unspecified atom stereocenters. The van der Waals surface area contributed by atoms with Crippen molar-refractivity contribution in [3.05, 3.63) is 35.4 Å². The van der Waals surface area contributed by atoms with Crippen LogP contribution in [-0.4, -0.2) is 50.8 Å². The van der Waals surface area contributed by atoms with Gasteiger partial charge in [-0.1, -0.05) is 24.3 Å². The summed E-state index contributed by atoms with van der Waals surface area (Å²) in [6.45, 7) is 5.18. The van der Waals surface area contributed by atoms with Crippen LogP contribution in [0.4, 0.5) is 0 Å². The Kier molecular flexibility index (Phi) is 4.67. The summed E-state index contributed by atoms with van der Waals surface area (Å²) in [5, 5.41) is 3.66. The van der Waals surface area contributed by atoms with E-state index in [4.69, 9.17) is 4.74 Å². The summed E-state index contributed by atoms with van der Waals surface area (Å²) in [5.74, 6) is 2.32. The monoisotopic (exact) mass is 301 g/mol. The first-order valence-corrected chi connectivity index (χ1v) is 8.25. The number of aryl methyl sites for hydroxylation is 1. The van der Waals surface area contributed by atoms with E-state index in [2.05, 4.69) is 46.4 Å². The Bertz CT molecular complexity index is 543. The molecule has 0 aromatic heterocycles. The number of guanidine groups is 1. The lowest BCUT2D eigenvalue weighted by atomic mass is 10.0. The minimum atomic E-state index is 0.529. The molecule has 0 amide bonds. The molecule has 1 aliphatic heterocycles. The molecule has 1 aromatic rings. The Morgan fingerprint density at radius 1 is 1.41 bits per heavy atom. The molecule has 0 spiro atoms. The van der Waals surface area contributed by atoms with Crippen molar-refractivity contribution in [2.24, 2.45) is 10.9 Å². The number of methoxy groups -OCH3 is 1. The van der Waals surface area contributed by atoms with Crippen molar-refractivity contribution in [1.29, 1.82) is 0 Å². The molecule has 22 heavy (non-hydrogen) atoms. The van der Waals surface area contributed by atoms with E-state index in [1.165, 1.54) is 24.0 Å². The molecule has 1 N–H and O–H groups in total. The summed E-state index contributed by atoms with van der Waals surface area (Å²) < 4.78 is 5.28. The molecule has 1 heterocycles. The lowest BCUT2D eigenvalue weighted by Gasteiger charge is -2.22. The molecule has 3 rings (SSSR count). The summed E-state index contributed by atoms with van der Waals surface area (Å²) in [4.78, 5) is 6.86. The van der Waals surface area contributed by atoms with Crippen LogP contribution in [0.1, 0.15) is 29.9 Å². The number of nitrogens with zero attached hydrogens (tertiary/aromatic N) is 2. The van der Waals surface area contributed by atoms with Crippen molar-refractivity contribution in [3.8, 4) is 0 Å². The van der Waals surface area contributed by atoms with E-state index in [1.807, 2.05) is 7.05 Å². The van der Waals surface area contributed by atoms with E-state index >= 15 is 0 Å². The fourth-order valence-corrected chi connectivity index (χ4v) is 3.56. The maximum Gasteiger partial charge on any atom is 0.193 e. The van der Waals surface area contributed by atoms with Gasteiger partial charge in [-0.05, 0) is 30.9 Å². The molecule has 0 radical (unpaired) electrons. The van der Waals surface area contributed by atoms with Gasteiger partial charge in [-0.15, -0.1) is 0 Å². The SMILES string of the molecule is CN=C(NC1CC1c1ccccc1C)N1CCC(COC)C1. The molecule has 1 aliphatic carbocycles. The van der Waals surface area contributed by atoms with Crippen LogP contribution in [0, 0.1) is 12.8 Å². The number of benzene rings is 1. The van der Waals surface area contributed by atoms with Crippen LogP contribution in [0.15, 0.2) is 29.3 Å². The summed E-state index contributed by atoms with van der Waals surface area (Å²) in [6.07, 6.45) is 2.40. The first-order chi connectivity index (χ1) is 10.7. The minimum Gasteiger partial charge on any atom is -0.384 e. The Morgan fingerprint density at radius 2 is 2.23 bits per heavy atom. The van der Waals surface area contributed by atoms with Gasteiger partial charge >= 0.3 is 0 Å². The number of hydrogen-bond donors (Lipinski definition) is 1. The number of aliphatic imine (C=N–C) groups is 1. The molecule has 1 aromatic carbocycles. The van der Waals surface area contributed by atoms with Gasteiger partial charge in [0.05, 0.1) is 6.61 Å². The van der Waals surface area contributed by atoms with Crippen LogP contribution >= 0.6 is 0 Å². The molecule has 0 bridgehead atoms. The summed E-state index contributed by atoms with van der Waals surface area (Å²) in [5.41, 5.74) is 2.88. The van der Waals surface area contributed by atoms with Crippen molar-refractivity contribution in [3.63, 3.8) is 0 Å². The van der Waals surface area contributed by atoms with Crippen LogP contribution < -0.4 is 5.32 Å². The second-order valence-electron chi connectivity index (χ2n) is 6.55. The molecular formula is C18H27N3O. The smallest absolute Gasteiger partial charge is 0.193 e. The highest BCUT2D eigenvalue weighted by Gasteiger charge is 2.40. The molecule has 3 atom stereocenters. The van der Waals surface area contributed by atoms with Crippen molar-refractivity contribution in [2.45, 2.75) is 31.7 Å². The van der Waals surface area contributed by atoms with Gasteiger partial charge in [0.25, 0.3) is 0 Å². The molecule has 2 fully saturated rings. The molecule has 4 heteroatoms. The third kappa shape index (κ3) is 3.27. The summed E-state index contributed by atoms with van der Waals surface area (Å²) in [6, 6.07) is 9.25. The topological polar surface area (TPSA) is 36.9 Å². The maximum atomic E-state index is 5.28. The van der Waals surface area contributed by atoms with Crippen molar-refractivity contribution in [1.82, 2.24) is 10.2 Å². The van der Waals surface area contributed by atoms with Crippen LogP contribution in [0.3, 0.4) is 0 Å². The van der Waals surface area contributed by atoms with Gasteiger partial charge in [-0.2, -0.15) is 0 Å². The zero-order chi connectivity index (χ0) is 15.5. The van der Waals surface area contributed by atoms with Crippen LogP contribution in [0.2, 0.25) is 0 Å². The molecule has 1 saturated carbocycles. The van der Waals surface area contributed by atoms with E-state index in [0.717, 1.165) is 25.7 Å². The van der Waals surface area contributed by atoms with Crippen LogP contribution in [-0.2, 0) is 4.74 Å². The molecular weight excluding hydrogens is 274 g/mol. The normalized spacial score (nSPS) is 28.0. The zero-order valence-corrected chi connectivity index (χ0v) is 13.9. The number of rotatable bonds is 4. The fraction of sp³-hybridized carbons (Fsp3) is 0.611. The number of ether oxygens (including phenoxy) is 1. The average molecular weight is 301 g/mol. The third-order valence-corrected chi connectivity index (χ3v) is 4.89. The van der Waals surface area contributed by atoms with Crippen molar-refractivity contribution in [2.75, 3.05) is 33.9 Å². The molecule has 2 aliphatic rings. The van der Waals surface area contributed by atoms with Gasteiger partial charge in [-0.3, -0.25) is 4.99 Å².